The second-order valence-corrected chi connectivity index (χ2v) is 6.30. The second kappa shape index (κ2) is 6.34. The predicted molar refractivity (Wildman–Crippen MR) is 82.2 cm³/mol. The van der Waals surface area contributed by atoms with Crippen LogP contribution in [0.1, 0.15) is 12.0 Å². The molecule has 1 aromatic carbocycles. The molecule has 2 aliphatic rings. The quantitative estimate of drug-likeness (QED) is 0.834. The number of benzene rings is 1. The van der Waals surface area contributed by atoms with Crippen molar-refractivity contribution < 1.29 is 9.53 Å². The summed E-state index contributed by atoms with van der Waals surface area (Å²) in [5.41, 5.74) is 1.17. The van der Waals surface area contributed by atoms with Crippen LogP contribution < -0.4 is 0 Å². The van der Waals surface area contributed by atoms with Crippen LogP contribution in [-0.4, -0.2) is 55.1 Å². The Labute approximate surface area is 130 Å². The lowest BCUT2D eigenvalue weighted by atomic mass is 9.91. The van der Waals surface area contributed by atoms with Gasteiger partial charge in [-0.2, -0.15) is 0 Å². The van der Waals surface area contributed by atoms with Gasteiger partial charge in [-0.1, -0.05) is 29.8 Å². The average molecular weight is 309 g/mol. The Hall–Kier alpha value is -1.10. The highest BCUT2D eigenvalue weighted by atomic mass is 35.5. The number of carbonyl (C=O) groups excluding carboxylic acids is 1. The van der Waals surface area contributed by atoms with Crippen LogP contribution in [0, 0.1) is 5.92 Å². The Balaban J connectivity index is 1.55. The van der Waals surface area contributed by atoms with Crippen LogP contribution in [-0.2, 0) is 16.1 Å². The molecule has 4 nitrogen and oxygen atoms in total. The van der Waals surface area contributed by atoms with E-state index >= 15 is 0 Å². The highest BCUT2D eigenvalue weighted by Crippen LogP contribution is 2.34. The van der Waals surface area contributed by atoms with Gasteiger partial charge in [0.05, 0.1) is 13.0 Å². The molecule has 2 unspecified atom stereocenters. The maximum Gasteiger partial charge on any atom is 0.224 e. The summed E-state index contributed by atoms with van der Waals surface area (Å²) in [6, 6.07) is 8.48. The molecule has 2 heterocycles. The van der Waals surface area contributed by atoms with Gasteiger partial charge in [0, 0.05) is 50.3 Å². The first kappa shape index (κ1) is 14.8. The molecule has 2 saturated heterocycles. The molecule has 0 bridgehead atoms. The number of likely N-dealkylation sites (tertiary alicyclic amines) is 2. The number of methoxy groups -OCH3 is 1. The summed E-state index contributed by atoms with van der Waals surface area (Å²) in [6.45, 7) is 4.18. The van der Waals surface area contributed by atoms with Crippen LogP contribution >= 0.6 is 11.6 Å². The Kier molecular flexibility index (Phi) is 4.48. The standard InChI is InChI=1S/C16H21ClN2O2/c1-21-7-6-16(20)19-10-13-9-18(15(13)11-19)8-12-4-2-3-5-14(12)17/h2-5,13,15H,6-11H2,1H3. The van der Waals surface area contributed by atoms with E-state index in [4.69, 9.17) is 16.3 Å². The van der Waals surface area contributed by atoms with Crippen molar-refractivity contribution in [2.75, 3.05) is 33.4 Å². The third-order valence-corrected chi connectivity index (χ3v) is 4.92. The Morgan fingerprint density at radius 1 is 1.33 bits per heavy atom. The van der Waals surface area contributed by atoms with Crippen molar-refractivity contribution in [1.82, 2.24) is 9.80 Å². The van der Waals surface area contributed by atoms with E-state index in [1.165, 1.54) is 5.56 Å². The van der Waals surface area contributed by atoms with Gasteiger partial charge >= 0.3 is 0 Å². The molecule has 1 amide bonds. The zero-order chi connectivity index (χ0) is 14.8. The number of fused-ring (bicyclic) bond motifs is 1. The smallest absolute Gasteiger partial charge is 0.224 e. The molecule has 0 saturated carbocycles. The SMILES string of the molecule is COCCC(=O)N1CC2CN(Cc3ccccc3Cl)C2C1. The van der Waals surface area contributed by atoms with E-state index in [1.807, 2.05) is 23.1 Å². The molecule has 2 aliphatic heterocycles. The minimum atomic E-state index is 0.212. The predicted octanol–water partition coefficient (Wildman–Crippen LogP) is 2.02. The first-order valence-electron chi connectivity index (χ1n) is 7.43. The van der Waals surface area contributed by atoms with Gasteiger partial charge in [0.2, 0.25) is 5.91 Å². The molecule has 5 heteroatoms. The lowest BCUT2D eigenvalue weighted by molar-refractivity contribution is -0.131. The van der Waals surface area contributed by atoms with Crippen LogP contribution in [0.15, 0.2) is 24.3 Å². The van der Waals surface area contributed by atoms with Gasteiger partial charge in [-0.05, 0) is 11.6 Å². The lowest BCUT2D eigenvalue weighted by Crippen LogP contribution is -2.54. The van der Waals surface area contributed by atoms with Crippen molar-refractivity contribution in [3.8, 4) is 0 Å². The van der Waals surface area contributed by atoms with Gasteiger partial charge in [-0.25, -0.2) is 0 Å². The number of carbonyl (C=O) groups is 1. The van der Waals surface area contributed by atoms with Gasteiger partial charge in [-0.3, -0.25) is 9.69 Å². The molecule has 0 N–H and O–H groups in total. The van der Waals surface area contributed by atoms with Crippen LogP contribution in [0.3, 0.4) is 0 Å². The summed E-state index contributed by atoms with van der Waals surface area (Å²) < 4.78 is 4.98. The first-order valence-corrected chi connectivity index (χ1v) is 7.81. The zero-order valence-corrected chi connectivity index (χ0v) is 13.1. The molecule has 0 spiro atoms. The molecular formula is C16H21ClN2O2. The first-order chi connectivity index (χ1) is 10.2. The van der Waals surface area contributed by atoms with Gasteiger partial charge in [0.15, 0.2) is 0 Å². The van der Waals surface area contributed by atoms with Crippen LogP contribution in [0.25, 0.3) is 0 Å². The van der Waals surface area contributed by atoms with E-state index in [1.54, 1.807) is 7.11 Å². The summed E-state index contributed by atoms with van der Waals surface area (Å²) in [6.07, 6.45) is 0.487. The molecule has 2 fully saturated rings. The van der Waals surface area contributed by atoms with Crippen molar-refractivity contribution in [2.24, 2.45) is 5.92 Å². The van der Waals surface area contributed by atoms with Gasteiger partial charge in [0.1, 0.15) is 0 Å². The third kappa shape index (κ3) is 3.07. The number of ether oxygens (including phenoxy) is 1. The Morgan fingerprint density at radius 2 is 2.14 bits per heavy atom. The number of amides is 1. The molecule has 2 atom stereocenters. The number of hydrogen-bond acceptors (Lipinski definition) is 3. The molecule has 21 heavy (non-hydrogen) atoms. The normalized spacial score (nSPS) is 24.8. The van der Waals surface area contributed by atoms with Gasteiger partial charge in [-0.15, -0.1) is 0 Å². The second-order valence-electron chi connectivity index (χ2n) is 5.89. The Bertz CT molecular complexity index is 523. The molecule has 0 aliphatic carbocycles. The van der Waals surface area contributed by atoms with E-state index in [0.717, 1.165) is 31.2 Å². The fraction of sp³-hybridized carbons (Fsp3) is 0.562. The van der Waals surface area contributed by atoms with Crippen LogP contribution in [0.4, 0.5) is 0 Å². The van der Waals surface area contributed by atoms with E-state index in [-0.39, 0.29) is 5.91 Å². The van der Waals surface area contributed by atoms with Crippen molar-refractivity contribution in [3.63, 3.8) is 0 Å². The number of nitrogens with zero attached hydrogens (tertiary/aromatic N) is 2. The van der Waals surface area contributed by atoms with Crippen LogP contribution in [0.5, 0.6) is 0 Å². The molecule has 3 rings (SSSR count). The van der Waals surface area contributed by atoms with Crippen molar-refractivity contribution in [2.45, 2.75) is 19.0 Å². The number of rotatable bonds is 5. The Morgan fingerprint density at radius 3 is 2.90 bits per heavy atom. The number of hydrogen-bond donors (Lipinski definition) is 0. The maximum atomic E-state index is 12.0. The molecular weight excluding hydrogens is 288 g/mol. The lowest BCUT2D eigenvalue weighted by Gasteiger charge is -2.43. The summed E-state index contributed by atoms with van der Waals surface area (Å²) in [5.74, 6) is 0.836. The summed E-state index contributed by atoms with van der Waals surface area (Å²) in [5, 5.41) is 0.826. The monoisotopic (exact) mass is 308 g/mol. The third-order valence-electron chi connectivity index (χ3n) is 4.55. The zero-order valence-electron chi connectivity index (χ0n) is 12.3. The van der Waals surface area contributed by atoms with E-state index in [0.29, 0.717) is 25.0 Å². The average Bonchev–Trinajstić information content (AvgIpc) is 2.81. The molecule has 1 aromatic rings. The molecule has 0 aromatic heterocycles. The van der Waals surface area contributed by atoms with Crippen molar-refractivity contribution in [1.29, 1.82) is 0 Å². The number of halogens is 1. The maximum absolute atomic E-state index is 12.0. The highest BCUT2D eigenvalue weighted by Gasteiger charge is 2.46. The molecule has 0 radical (unpaired) electrons. The fourth-order valence-corrected chi connectivity index (χ4v) is 3.52. The van der Waals surface area contributed by atoms with Gasteiger partial charge in [0.25, 0.3) is 0 Å². The molecule has 114 valence electrons. The summed E-state index contributed by atoms with van der Waals surface area (Å²) >= 11 is 6.22. The van der Waals surface area contributed by atoms with Crippen molar-refractivity contribution >= 4 is 17.5 Å². The van der Waals surface area contributed by atoms with E-state index in [2.05, 4.69) is 11.0 Å². The minimum Gasteiger partial charge on any atom is -0.384 e. The fourth-order valence-electron chi connectivity index (χ4n) is 3.32. The van der Waals surface area contributed by atoms with E-state index < -0.39 is 0 Å². The topological polar surface area (TPSA) is 32.8 Å². The van der Waals surface area contributed by atoms with E-state index in [9.17, 15) is 4.79 Å². The largest absolute Gasteiger partial charge is 0.384 e. The van der Waals surface area contributed by atoms with Crippen LogP contribution in [0.2, 0.25) is 5.02 Å². The summed E-state index contributed by atoms with van der Waals surface area (Å²) in [7, 11) is 1.63. The summed E-state index contributed by atoms with van der Waals surface area (Å²) in [4.78, 5) is 16.5. The highest BCUT2D eigenvalue weighted by molar-refractivity contribution is 6.31. The minimum absolute atomic E-state index is 0.212. The van der Waals surface area contributed by atoms with Gasteiger partial charge < -0.3 is 9.64 Å². The van der Waals surface area contributed by atoms with Crippen molar-refractivity contribution in [3.05, 3.63) is 34.9 Å².